The zero-order valence-electron chi connectivity index (χ0n) is 17.5. The summed E-state index contributed by atoms with van der Waals surface area (Å²) in [6.45, 7) is 0. The number of hydrogen-bond acceptors (Lipinski definition) is 4. The molecule has 9 heteroatoms. The lowest BCUT2D eigenvalue weighted by atomic mass is 10.1. The van der Waals surface area contributed by atoms with Gasteiger partial charge in [-0.2, -0.15) is 17.7 Å². The lowest BCUT2D eigenvalue weighted by Gasteiger charge is -2.14. The molecule has 168 valence electrons. The van der Waals surface area contributed by atoms with Gasteiger partial charge in [0, 0.05) is 18.0 Å². The molecule has 1 N–H and O–H groups in total. The highest BCUT2D eigenvalue weighted by atomic mass is 19.4. The van der Waals surface area contributed by atoms with E-state index in [1.54, 1.807) is 36.7 Å². The van der Waals surface area contributed by atoms with E-state index in [-0.39, 0.29) is 5.82 Å². The molecule has 5 aromatic rings. The Morgan fingerprint density at radius 3 is 2.26 bits per heavy atom. The number of carbonyl (C=O) groups is 1. The van der Waals surface area contributed by atoms with Crippen LogP contribution in [0.3, 0.4) is 0 Å². The van der Waals surface area contributed by atoms with Crippen LogP contribution in [0.15, 0.2) is 91.3 Å². The van der Waals surface area contributed by atoms with Gasteiger partial charge < -0.3 is 5.32 Å². The molecule has 0 unspecified atom stereocenters. The molecule has 0 radical (unpaired) electrons. The van der Waals surface area contributed by atoms with Crippen molar-refractivity contribution in [3.63, 3.8) is 0 Å². The minimum atomic E-state index is -4.67. The van der Waals surface area contributed by atoms with Gasteiger partial charge in [0.15, 0.2) is 11.5 Å². The molecule has 0 aliphatic carbocycles. The number of nitrogens with one attached hydrogen (secondary N) is 1. The Morgan fingerprint density at radius 1 is 0.824 bits per heavy atom. The van der Waals surface area contributed by atoms with Crippen LogP contribution in [-0.2, 0) is 6.18 Å². The van der Waals surface area contributed by atoms with E-state index in [0.717, 1.165) is 23.3 Å². The largest absolute Gasteiger partial charge is 0.417 e. The summed E-state index contributed by atoms with van der Waals surface area (Å²) >= 11 is 0. The summed E-state index contributed by atoms with van der Waals surface area (Å²) in [4.78, 5) is 21.5. The van der Waals surface area contributed by atoms with Crippen LogP contribution in [0.4, 0.5) is 19.0 Å². The second-order valence-electron chi connectivity index (χ2n) is 7.43. The van der Waals surface area contributed by atoms with Crippen molar-refractivity contribution in [3.05, 3.63) is 102 Å². The fourth-order valence-corrected chi connectivity index (χ4v) is 3.61. The van der Waals surface area contributed by atoms with Crippen LogP contribution in [0.1, 0.15) is 15.9 Å². The molecule has 0 spiro atoms. The Kier molecular flexibility index (Phi) is 5.29. The number of halogens is 3. The van der Waals surface area contributed by atoms with E-state index in [4.69, 9.17) is 0 Å². The lowest BCUT2D eigenvalue weighted by molar-refractivity contribution is -0.137. The zero-order chi connectivity index (χ0) is 23.7. The van der Waals surface area contributed by atoms with Gasteiger partial charge in [0.1, 0.15) is 5.82 Å². The molecular formula is C25H16F3N5O. The minimum Gasteiger partial charge on any atom is -0.306 e. The maximum atomic E-state index is 13.5. The average Bonchev–Trinajstić information content (AvgIpc) is 3.29. The number of hydrogen-bond donors (Lipinski definition) is 1. The quantitative estimate of drug-likeness (QED) is 0.373. The second kappa shape index (κ2) is 8.43. The smallest absolute Gasteiger partial charge is 0.306 e. The van der Waals surface area contributed by atoms with Crippen molar-refractivity contribution >= 4 is 17.4 Å². The van der Waals surface area contributed by atoms with Gasteiger partial charge in [-0.1, -0.05) is 42.5 Å². The van der Waals surface area contributed by atoms with Crippen molar-refractivity contribution in [2.24, 2.45) is 0 Å². The van der Waals surface area contributed by atoms with Crippen LogP contribution in [0, 0.1) is 0 Å². The molecule has 34 heavy (non-hydrogen) atoms. The zero-order valence-corrected chi connectivity index (χ0v) is 17.5. The first kappa shape index (κ1) is 21.3. The summed E-state index contributed by atoms with van der Waals surface area (Å²) in [5.74, 6) is -0.308. The van der Waals surface area contributed by atoms with Gasteiger partial charge >= 0.3 is 6.18 Å². The molecule has 0 bridgehead atoms. The number of fused-ring (bicyclic) bond motifs is 1. The van der Waals surface area contributed by atoms with E-state index in [9.17, 15) is 18.0 Å². The number of anilines is 1. The molecule has 0 atom stereocenters. The normalized spacial score (nSPS) is 11.5. The van der Waals surface area contributed by atoms with Gasteiger partial charge in [0.25, 0.3) is 5.91 Å². The number of amides is 1. The van der Waals surface area contributed by atoms with Crippen molar-refractivity contribution in [2.45, 2.75) is 6.18 Å². The lowest BCUT2D eigenvalue weighted by Crippen LogP contribution is -2.20. The fraction of sp³-hybridized carbons (Fsp3) is 0.0400. The van der Waals surface area contributed by atoms with E-state index in [2.05, 4.69) is 20.4 Å². The Balaban J connectivity index is 1.63. The van der Waals surface area contributed by atoms with Crippen molar-refractivity contribution in [1.29, 1.82) is 0 Å². The van der Waals surface area contributed by atoms with E-state index in [1.165, 1.54) is 16.6 Å². The number of carbonyl (C=O) groups excluding carboxylic acids is 1. The van der Waals surface area contributed by atoms with E-state index in [0.29, 0.717) is 17.0 Å². The first-order valence-electron chi connectivity index (χ1n) is 10.2. The number of pyridine rings is 2. The van der Waals surface area contributed by atoms with Gasteiger partial charge in [-0.05, 0) is 47.5 Å². The Hall–Kier alpha value is -4.53. The standard InChI is InChI=1S/C25H16F3N5O/c26-25(27,28)20-9-5-4-8-19(20)24(34)31-22-15-18(16-10-12-29-13-11-16)14-21-30-23(32-33(21)22)17-6-2-1-3-7-17/h1-15H,(H,31,34). The van der Waals surface area contributed by atoms with E-state index < -0.39 is 23.2 Å². The average molecular weight is 459 g/mol. The van der Waals surface area contributed by atoms with Gasteiger partial charge in [0.05, 0.1) is 11.1 Å². The summed E-state index contributed by atoms with van der Waals surface area (Å²) in [6.07, 6.45) is -1.43. The Labute approximate surface area is 191 Å². The molecule has 5 rings (SSSR count). The molecular weight excluding hydrogens is 443 g/mol. The fourth-order valence-electron chi connectivity index (χ4n) is 3.61. The third kappa shape index (κ3) is 4.11. The number of benzene rings is 2. The number of rotatable bonds is 4. The van der Waals surface area contributed by atoms with Gasteiger partial charge in [0.2, 0.25) is 0 Å². The highest BCUT2D eigenvalue weighted by Gasteiger charge is 2.35. The van der Waals surface area contributed by atoms with Crippen LogP contribution >= 0.6 is 0 Å². The molecule has 0 saturated heterocycles. The molecule has 1 amide bonds. The first-order chi connectivity index (χ1) is 16.4. The first-order valence-corrected chi connectivity index (χ1v) is 10.2. The van der Waals surface area contributed by atoms with Crippen molar-refractivity contribution in [1.82, 2.24) is 19.6 Å². The summed E-state index contributed by atoms with van der Waals surface area (Å²) in [6, 6.07) is 20.9. The SMILES string of the molecule is O=C(Nc1cc(-c2ccncc2)cc2nc(-c3ccccc3)nn12)c1ccccc1C(F)(F)F. The van der Waals surface area contributed by atoms with Crippen molar-refractivity contribution in [2.75, 3.05) is 5.32 Å². The molecule has 0 saturated carbocycles. The Bertz CT molecular complexity index is 1480. The Morgan fingerprint density at radius 2 is 1.53 bits per heavy atom. The van der Waals surface area contributed by atoms with Gasteiger partial charge in [-0.25, -0.2) is 4.98 Å². The predicted octanol–water partition coefficient (Wildman–Crippen LogP) is 5.73. The van der Waals surface area contributed by atoms with Crippen LogP contribution in [0.2, 0.25) is 0 Å². The predicted molar refractivity (Wildman–Crippen MR) is 121 cm³/mol. The van der Waals surface area contributed by atoms with Crippen LogP contribution < -0.4 is 5.32 Å². The summed E-state index contributed by atoms with van der Waals surface area (Å²) < 4.78 is 41.8. The highest BCUT2D eigenvalue weighted by Crippen LogP contribution is 2.33. The summed E-state index contributed by atoms with van der Waals surface area (Å²) in [5, 5.41) is 7.09. The monoisotopic (exact) mass is 459 g/mol. The molecule has 6 nitrogen and oxygen atoms in total. The van der Waals surface area contributed by atoms with Crippen LogP contribution in [-0.4, -0.2) is 25.5 Å². The molecule has 0 aliphatic rings. The maximum Gasteiger partial charge on any atom is 0.417 e. The van der Waals surface area contributed by atoms with Gasteiger partial charge in [-0.15, -0.1) is 5.10 Å². The topological polar surface area (TPSA) is 72.2 Å². The van der Waals surface area contributed by atoms with Crippen molar-refractivity contribution in [3.8, 4) is 22.5 Å². The molecule has 3 heterocycles. The third-order valence-corrected chi connectivity index (χ3v) is 5.20. The van der Waals surface area contributed by atoms with E-state index >= 15 is 0 Å². The number of aromatic nitrogens is 4. The number of nitrogens with zero attached hydrogens (tertiary/aromatic N) is 4. The molecule has 3 aromatic heterocycles. The molecule has 0 fully saturated rings. The van der Waals surface area contributed by atoms with Crippen LogP contribution in [0.25, 0.3) is 28.2 Å². The molecule has 2 aromatic carbocycles. The summed E-state index contributed by atoms with van der Waals surface area (Å²) in [5.41, 5.74) is 1.18. The van der Waals surface area contributed by atoms with Gasteiger partial charge in [-0.3, -0.25) is 9.78 Å². The van der Waals surface area contributed by atoms with Crippen molar-refractivity contribution < 1.29 is 18.0 Å². The second-order valence-corrected chi connectivity index (χ2v) is 7.43. The third-order valence-electron chi connectivity index (χ3n) is 5.20. The summed E-state index contributed by atoms with van der Waals surface area (Å²) in [7, 11) is 0. The highest BCUT2D eigenvalue weighted by molar-refractivity contribution is 6.05. The number of alkyl halides is 3. The van der Waals surface area contributed by atoms with Crippen LogP contribution in [0.5, 0.6) is 0 Å². The maximum absolute atomic E-state index is 13.5. The minimum absolute atomic E-state index is 0.181. The van der Waals surface area contributed by atoms with E-state index in [1.807, 2.05) is 30.3 Å². The molecule has 0 aliphatic heterocycles.